The van der Waals surface area contributed by atoms with Crippen LogP contribution >= 0.6 is 0 Å². The van der Waals surface area contributed by atoms with Crippen LogP contribution in [-0.2, 0) is 9.53 Å². The first kappa shape index (κ1) is 18.0. The number of hydrogen-bond acceptors (Lipinski definition) is 5. The highest BCUT2D eigenvalue weighted by atomic mass is 16.6. The van der Waals surface area contributed by atoms with Crippen LogP contribution in [0.2, 0.25) is 0 Å². The van der Waals surface area contributed by atoms with Gasteiger partial charge in [0.05, 0.1) is 12.0 Å². The van der Waals surface area contributed by atoms with Crippen molar-refractivity contribution < 1.29 is 24.5 Å². The number of aliphatic hydroxyl groups excluding tert-OH is 1. The summed E-state index contributed by atoms with van der Waals surface area (Å²) in [4.78, 5) is 27.1. The van der Waals surface area contributed by atoms with Crippen molar-refractivity contribution in [1.82, 2.24) is 9.80 Å². The maximum absolute atomic E-state index is 12.1. The highest BCUT2D eigenvalue weighted by Crippen LogP contribution is 2.35. The Labute approximate surface area is 137 Å². The zero-order valence-electron chi connectivity index (χ0n) is 14.2. The quantitative estimate of drug-likeness (QED) is 0.805. The van der Waals surface area contributed by atoms with E-state index in [1.807, 2.05) is 20.8 Å². The minimum absolute atomic E-state index is 0.0239. The summed E-state index contributed by atoms with van der Waals surface area (Å²) in [5.74, 6) is -0.548. The first-order valence-electron chi connectivity index (χ1n) is 8.21. The van der Waals surface area contributed by atoms with E-state index in [2.05, 4.69) is 4.90 Å². The van der Waals surface area contributed by atoms with Crippen LogP contribution < -0.4 is 0 Å². The number of aliphatic carboxylic acids is 1. The highest BCUT2D eigenvalue weighted by molar-refractivity contribution is 5.73. The average molecular weight is 328 g/mol. The number of carboxylic acids is 1. The van der Waals surface area contributed by atoms with Crippen LogP contribution in [-0.4, -0.2) is 76.0 Å². The summed E-state index contributed by atoms with van der Waals surface area (Å²) in [6, 6.07) is 0. The van der Waals surface area contributed by atoms with E-state index < -0.39 is 17.1 Å². The summed E-state index contributed by atoms with van der Waals surface area (Å²) in [5, 5.41) is 18.5. The molecular weight excluding hydrogens is 300 g/mol. The summed E-state index contributed by atoms with van der Waals surface area (Å²) >= 11 is 0. The number of aliphatic hydroxyl groups is 1. The lowest BCUT2D eigenvalue weighted by Gasteiger charge is -2.56. The fourth-order valence-electron chi connectivity index (χ4n) is 3.41. The van der Waals surface area contributed by atoms with Crippen molar-refractivity contribution in [2.75, 3.05) is 32.8 Å². The van der Waals surface area contributed by atoms with Crippen molar-refractivity contribution in [3.05, 3.63) is 0 Å². The molecule has 0 saturated carbocycles. The van der Waals surface area contributed by atoms with Crippen LogP contribution in [0.4, 0.5) is 4.79 Å². The molecule has 0 aliphatic carbocycles. The minimum atomic E-state index is -0.849. The van der Waals surface area contributed by atoms with Gasteiger partial charge in [-0.3, -0.25) is 9.69 Å². The second-order valence-corrected chi connectivity index (χ2v) is 7.74. The predicted octanol–water partition coefficient (Wildman–Crippen LogP) is 1.15. The molecule has 2 aliphatic rings. The third-order valence-corrected chi connectivity index (χ3v) is 4.65. The predicted molar refractivity (Wildman–Crippen MR) is 84.2 cm³/mol. The molecule has 2 aliphatic heterocycles. The van der Waals surface area contributed by atoms with E-state index in [0.717, 1.165) is 25.9 Å². The Hall–Kier alpha value is -1.34. The van der Waals surface area contributed by atoms with Gasteiger partial charge in [-0.25, -0.2) is 4.79 Å². The first-order chi connectivity index (χ1) is 10.6. The second kappa shape index (κ2) is 6.65. The molecule has 23 heavy (non-hydrogen) atoms. The third-order valence-electron chi connectivity index (χ3n) is 4.65. The molecule has 0 aromatic carbocycles. The van der Waals surface area contributed by atoms with Gasteiger partial charge < -0.3 is 19.8 Å². The van der Waals surface area contributed by atoms with E-state index in [4.69, 9.17) is 4.74 Å². The summed E-state index contributed by atoms with van der Waals surface area (Å²) in [6.45, 7) is 7.93. The Kier molecular flexibility index (Phi) is 5.20. The first-order valence-corrected chi connectivity index (χ1v) is 8.21. The summed E-state index contributed by atoms with van der Waals surface area (Å²) in [6.07, 6.45) is 1.37. The Morgan fingerprint density at radius 1 is 1.22 bits per heavy atom. The molecule has 2 heterocycles. The SMILES string of the molecule is CC(C)(C)OC(=O)N1CC(CC(=O)O)(N2CCC(CO)CC2)C1. The number of carbonyl (C=O) groups excluding carboxylic acids is 1. The van der Waals surface area contributed by atoms with E-state index in [9.17, 15) is 19.8 Å². The monoisotopic (exact) mass is 328 g/mol. The zero-order valence-corrected chi connectivity index (χ0v) is 14.2. The minimum Gasteiger partial charge on any atom is -0.481 e. The van der Waals surface area contributed by atoms with E-state index in [0.29, 0.717) is 19.0 Å². The lowest BCUT2D eigenvalue weighted by atomic mass is 9.82. The molecule has 7 heteroatoms. The van der Waals surface area contributed by atoms with Crippen molar-refractivity contribution in [3.8, 4) is 0 Å². The Balaban J connectivity index is 1.98. The zero-order chi connectivity index (χ0) is 17.3. The van der Waals surface area contributed by atoms with Crippen LogP contribution in [0.25, 0.3) is 0 Å². The molecule has 0 spiro atoms. The normalized spacial score (nSPS) is 22.5. The molecule has 2 N–H and O–H groups in total. The number of hydrogen-bond donors (Lipinski definition) is 2. The molecule has 0 radical (unpaired) electrons. The fraction of sp³-hybridized carbons (Fsp3) is 0.875. The molecule has 2 fully saturated rings. The number of likely N-dealkylation sites (tertiary alicyclic amines) is 2. The van der Waals surface area contributed by atoms with E-state index >= 15 is 0 Å². The van der Waals surface area contributed by atoms with Crippen LogP contribution in [0.1, 0.15) is 40.0 Å². The topological polar surface area (TPSA) is 90.3 Å². The molecule has 2 rings (SSSR count). The maximum atomic E-state index is 12.1. The molecule has 1 amide bonds. The average Bonchev–Trinajstić information content (AvgIpc) is 2.40. The van der Waals surface area contributed by atoms with Crippen molar-refractivity contribution in [2.24, 2.45) is 5.92 Å². The molecule has 0 unspecified atom stereocenters. The number of carboxylic acid groups (broad SMARTS) is 1. The van der Waals surface area contributed by atoms with Crippen molar-refractivity contribution in [2.45, 2.75) is 51.2 Å². The molecule has 0 aromatic rings. The van der Waals surface area contributed by atoms with Gasteiger partial charge >= 0.3 is 12.1 Å². The lowest BCUT2D eigenvalue weighted by molar-refractivity contribution is -0.147. The van der Waals surface area contributed by atoms with E-state index in [1.165, 1.54) is 0 Å². The largest absolute Gasteiger partial charge is 0.481 e. The van der Waals surface area contributed by atoms with Crippen LogP contribution in [0.15, 0.2) is 0 Å². The van der Waals surface area contributed by atoms with Gasteiger partial charge in [-0.15, -0.1) is 0 Å². The number of amides is 1. The van der Waals surface area contributed by atoms with Crippen LogP contribution in [0.5, 0.6) is 0 Å². The number of ether oxygens (including phenoxy) is 1. The van der Waals surface area contributed by atoms with E-state index in [-0.39, 0.29) is 19.1 Å². The van der Waals surface area contributed by atoms with Gasteiger partial charge in [0, 0.05) is 19.7 Å². The number of piperidine rings is 1. The Morgan fingerprint density at radius 3 is 2.22 bits per heavy atom. The van der Waals surface area contributed by atoms with Crippen molar-refractivity contribution >= 4 is 12.1 Å². The van der Waals surface area contributed by atoms with Gasteiger partial charge in [0.2, 0.25) is 0 Å². The Bertz CT molecular complexity index is 446. The van der Waals surface area contributed by atoms with Gasteiger partial charge in [-0.1, -0.05) is 0 Å². The van der Waals surface area contributed by atoms with Crippen molar-refractivity contribution in [3.63, 3.8) is 0 Å². The number of carbonyl (C=O) groups is 2. The van der Waals surface area contributed by atoms with Gasteiger partial charge in [0.25, 0.3) is 0 Å². The lowest BCUT2D eigenvalue weighted by Crippen LogP contribution is -2.73. The van der Waals surface area contributed by atoms with Crippen molar-refractivity contribution in [1.29, 1.82) is 0 Å². The Morgan fingerprint density at radius 2 is 1.78 bits per heavy atom. The summed E-state index contributed by atoms with van der Waals surface area (Å²) < 4.78 is 5.35. The fourth-order valence-corrected chi connectivity index (χ4v) is 3.41. The van der Waals surface area contributed by atoms with Gasteiger partial charge in [0.15, 0.2) is 0 Å². The molecule has 7 nitrogen and oxygen atoms in total. The van der Waals surface area contributed by atoms with E-state index in [1.54, 1.807) is 4.90 Å². The molecule has 0 aromatic heterocycles. The van der Waals surface area contributed by atoms with Gasteiger partial charge in [-0.05, 0) is 52.6 Å². The number of nitrogens with zero attached hydrogens (tertiary/aromatic N) is 2. The molecule has 132 valence electrons. The van der Waals surface area contributed by atoms with Crippen LogP contribution in [0, 0.1) is 5.92 Å². The number of rotatable bonds is 4. The molecule has 0 atom stereocenters. The third kappa shape index (κ3) is 4.35. The summed E-state index contributed by atoms with van der Waals surface area (Å²) in [5.41, 5.74) is -1.05. The van der Waals surface area contributed by atoms with Gasteiger partial charge in [0.1, 0.15) is 5.60 Å². The maximum Gasteiger partial charge on any atom is 0.410 e. The second-order valence-electron chi connectivity index (χ2n) is 7.74. The highest BCUT2D eigenvalue weighted by Gasteiger charge is 2.52. The summed E-state index contributed by atoms with van der Waals surface area (Å²) in [7, 11) is 0. The van der Waals surface area contributed by atoms with Crippen LogP contribution in [0.3, 0.4) is 0 Å². The molecule has 2 saturated heterocycles. The smallest absolute Gasteiger partial charge is 0.410 e. The standard InChI is InChI=1S/C16H28N2O5/c1-15(2,3)23-14(22)17-10-16(11-17,8-13(20)21)18-6-4-12(9-19)5-7-18/h12,19H,4-11H2,1-3H3,(H,20,21). The molecule has 0 bridgehead atoms. The van der Waals surface area contributed by atoms with Gasteiger partial charge in [-0.2, -0.15) is 0 Å². The molecular formula is C16H28N2O5.